The summed E-state index contributed by atoms with van der Waals surface area (Å²) in [6, 6.07) is 0.484. The van der Waals surface area contributed by atoms with Gasteiger partial charge in [0.25, 0.3) is 0 Å². The van der Waals surface area contributed by atoms with Crippen LogP contribution in [-0.4, -0.2) is 53.2 Å². The molecule has 1 aliphatic heterocycles. The second-order valence-electron chi connectivity index (χ2n) is 6.04. The summed E-state index contributed by atoms with van der Waals surface area (Å²) >= 11 is 0. The lowest BCUT2D eigenvalue weighted by molar-refractivity contribution is 0.203. The number of rotatable bonds is 7. The van der Waals surface area contributed by atoms with Gasteiger partial charge >= 0.3 is 0 Å². The van der Waals surface area contributed by atoms with Gasteiger partial charge in [-0.15, -0.1) is 0 Å². The number of unbranched alkanes of at least 4 members (excludes halogenated alkanes) is 1. The van der Waals surface area contributed by atoms with Crippen LogP contribution in [0, 0.1) is 6.92 Å². The van der Waals surface area contributed by atoms with Crippen LogP contribution in [0.25, 0.3) is 0 Å². The Balaban J connectivity index is 1.80. The number of aliphatic imine (C=N–C) groups is 1. The Kier molecular flexibility index (Phi) is 7.32. The minimum absolute atomic E-state index is 0.433. The van der Waals surface area contributed by atoms with Crippen molar-refractivity contribution in [2.24, 2.45) is 4.99 Å². The minimum atomic E-state index is 0.433. The molecule has 0 bridgehead atoms. The normalized spacial score (nSPS) is 17.4. The first-order valence-corrected chi connectivity index (χ1v) is 8.77. The first-order chi connectivity index (χ1) is 11.2. The van der Waals surface area contributed by atoms with Crippen LogP contribution in [0.5, 0.6) is 0 Å². The third-order valence-electron chi connectivity index (χ3n) is 4.05. The lowest BCUT2D eigenvalue weighted by Gasteiger charge is -2.33. The Hall–Kier alpha value is -1.63. The van der Waals surface area contributed by atoms with E-state index in [1.165, 1.54) is 32.5 Å². The first-order valence-electron chi connectivity index (χ1n) is 8.77. The van der Waals surface area contributed by atoms with E-state index in [-0.39, 0.29) is 0 Å². The average Bonchev–Trinajstić information content (AvgIpc) is 2.98. The maximum Gasteiger partial charge on any atom is 0.223 e. The third-order valence-corrected chi connectivity index (χ3v) is 4.05. The van der Waals surface area contributed by atoms with Crippen LogP contribution in [-0.2, 0) is 6.54 Å². The standard InChI is InChI=1S/C16H30N6O/c1-4-6-9-22-10-7-14(8-11-22)20-16(17-5-2)18-12-15-19-13(3)23-21-15/h14H,4-12H2,1-3H3,(H2,17,18,20). The van der Waals surface area contributed by atoms with Crippen LogP contribution >= 0.6 is 0 Å². The zero-order chi connectivity index (χ0) is 16.5. The van der Waals surface area contributed by atoms with E-state index in [4.69, 9.17) is 4.52 Å². The summed E-state index contributed by atoms with van der Waals surface area (Å²) in [4.78, 5) is 11.3. The zero-order valence-corrected chi connectivity index (χ0v) is 14.6. The van der Waals surface area contributed by atoms with Crippen LogP contribution < -0.4 is 10.6 Å². The molecule has 0 aliphatic carbocycles. The van der Waals surface area contributed by atoms with Crippen molar-refractivity contribution in [2.75, 3.05) is 26.2 Å². The molecule has 0 spiro atoms. The number of hydrogen-bond acceptors (Lipinski definition) is 5. The molecule has 7 nitrogen and oxygen atoms in total. The van der Waals surface area contributed by atoms with E-state index >= 15 is 0 Å². The topological polar surface area (TPSA) is 78.6 Å². The van der Waals surface area contributed by atoms with Crippen molar-refractivity contribution in [2.45, 2.75) is 59.0 Å². The van der Waals surface area contributed by atoms with Gasteiger partial charge in [-0.05, 0) is 32.7 Å². The predicted octanol–water partition coefficient (Wildman–Crippen LogP) is 1.70. The average molecular weight is 322 g/mol. The van der Waals surface area contributed by atoms with E-state index in [2.05, 4.69) is 44.5 Å². The van der Waals surface area contributed by atoms with E-state index in [0.29, 0.717) is 24.3 Å². The molecule has 7 heteroatoms. The molecule has 2 rings (SSSR count). The monoisotopic (exact) mass is 322 g/mol. The Bertz CT molecular complexity index is 479. The first kappa shape index (κ1) is 17.7. The fourth-order valence-corrected chi connectivity index (χ4v) is 2.75. The molecule has 23 heavy (non-hydrogen) atoms. The molecule has 2 heterocycles. The summed E-state index contributed by atoms with van der Waals surface area (Å²) in [5.41, 5.74) is 0. The fourth-order valence-electron chi connectivity index (χ4n) is 2.75. The number of nitrogens with zero attached hydrogens (tertiary/aromatic N) is 4. The number of guanidine groups is 1. The van der Waals surface area contributed by atoms with E-state index in [1.807, 2.05) is 0 Å². The smallest absolute Gasteiger partial charge is 0.223 e. The summed E-state index contributed by atoms with van der Waals surface area (Å²) in [6.07, 6.45) is 4.89. The molecule has 130 valence electrons. The van der Waals surface area contributed by atoms with Gasteiger partial charge < -0.3 is 20.1 Å². The highest BCUT2D eigenvalue weighted by molar-refractivity contribution is 5.80. The van der Waals surface area contributed by atoms with Gasteiger partial charge in [0.2, 0.25) is 5.89 Å². The molecule has 0 radical (unpaired) electrons. The molecular formula is C16H30N6O. The van der Waals surface area contributed by atoms with Gasteiger partial charge in [-0.1, -0.05) is 18.5 Å². The summed E-state index contributed by atoms with van der Waals surface area (Å²) in [5, 5.41) is 10.7. The summed E-state index contributed by atoms with van der Waals surface area (Å²) in [6.45, 7) is 10.9. The summed E-state index contributed by atoms with van der Waals surface area (Å²) < 4.78 is 4.97. The van der Waals surface area contributed by atoms with Crippen molar-refractivity contribution in [3.05, 3.63) is 11.7 Å². The van der Waals surface area contributed by atoms with Crippen molar-refractivity contribution in [1.82, 2.24) is 25.7 Å². The van der Waals surface area contributed by atoms with Crippen LogP contribution in [0.4, 0.5) is 0 Å². The molecule has 1 fully saturated rings. The van der Waals surface area contributed by atoms with Crippen molar-refractivity contribution in [3.63, 3.8) is 0 Å². The van der Waals surface area contributed by atoms with Gasteiger partial charge in [0.05, 0.1) is 0 Å². The Morgan fingerprint density at radius 3 is 2.74 bits per heavy atom. The highest BCUT2D eigenvalue weighted by atomic mass is 16.5. The quantitative estimate of drug-likeness (QED) is 0.587. The second-order valence-corrected chi connectivity index (χ2v) is 6.04. The third kappa shape index (κ3) is 6.17. The van der Waals surface area contributed by atoms with Gasteiger partial charge in [-0.2, -0.15) is 4.98 Å². The molecule has 1 aromatic rings. The largest absolute Gasteiger partial charge is 0.357 e. The van der Waals surface area contributed by atoms with Crippen molar-refractivity contribution in [3.8, 4) is 0 Å². The van der Waals surface area contributed by atoms with Crippen LogP contribution in [0.15, 0.2) is 9.52 Å². The zero-order valence-electron chi connectivity index (χ0n) is 14.6. The lowest BCUT2D eigenvalue weighted by Crippen LogP contribution is -2.48. The van der Waals surface area contributed by atoms with Crippen molar-refractivity contribution < 1.29 is 4.52 Å². The van der Waals surface area contributed by atoms with Crippen molar-refractivity contribution in [1.29, 1.82) is 0 Å². The molecule has 0 aromatic carbocycles. The van der Waals surface area contributed by atoms with Gasteiger partial charge in [-0.25, -0.2) is 4.99 Å². The number of aryl methyl sites for hydroxylation is 1. The maximum absolute atomic E-state index is 4.97. The lowest BCUT2D eigenvalue weighted by atomic mass is 10.0. The molecule has 0 unspecified atom stereocenters. The second kappa shape index (κ2) is 9.50. The van der Waals surface area contributed by atoms with Crippen LogP contribution in [0.3, 0.4) is 0 Å². The van der Waals surface area contributed by atoms with Crippen LogP contribution in [0.2, 0.25) is 0 Å². The molecule has 0 saturated carbocycles. The predicted molar refractivity (Wildman–Crippen MR) is 91.4 cm³/mol. The molecule has 0 amide bonds. The number of piperidine rings is 1. The number of likely N-dealkylation sites (tertiary alicyclic amines) is 1. The molecule has 2 N–H and O–H groups in total. The van der Waals surface area contributed by atoms with Crippen molar-refractivity contribution >= 4 is 5.96 Å². The highest BCUT2D eigenvalue weighted by Crippen LogP contribution is 2.11. The van der Waals surface area contributed by atoms with E-state index in [0.717, 1.165) is 25.3 Å². The van der Waals surface area contributed by atoms with Gasteiger partial charge in [0, 0.05) is 32.6 Å². The van der Waals surface area contributed by atoms with E-state index in [9.17, 15) is 0 Å². The Morgan fingerprint density at radius 1 is 1.35 bits per heavy atom. The SMILES string of the molecule is CCCCN1CCC(NC(=NCc2noc(C)n2)NCC)CC1. The Labute approximate surface area is 138 Å². The van der Waals surface area contributed by atoms with Gasteiger partial charge in [-0.3, -0.25) is 0 Å². The van der Waals surface area contributed by atoms with E-state index < -0.39 is 0 Å². The summed E-state index contributed by atoms with van der Waals surface area (Å²) in [5.74, 6) is 2.03. The van der Waals surface area contributed by atoms with Crippen LogP contribution in [0.1, 0.15) is 51.2 Å². The molecule has 1 aromatic heterocycles. The summed E-state index contributed by atoms with van der Waals surface area (Å²) in [7, 11) is 0. The molecular weight excluding hydrogens is 292 g/mol. The number of aromatic nitrogens is 2. The molecule has 1 saturated heterocycles. The highest BCUT2D eigenvalue weighted by Gasteiger charge is 2.19. The maximum atomic E-state index is 4.97. The molecule has 1 aliphatic rings. The number of nitrogens with one attached hydrogen (secondary N) is 2. The Morgan fingerprint density at radius 2 is 2.13 bits per heavy atom. The minimum Gasteiger partial charge on any atom is -0.357 e. The fraction of sp³-hybridized carbons (Fsp3) is 0.812. The number of hydrogen-bond donors (Lipinski definition) is 2. The molecule has 0 atom stereocenters. The van der Waals surface area contributed by atoms with E-state index in [1.54, 1.807) is 6.92 Å². The van der Waals surface area contributed by atoms with Gasteiger partial charge in [0.1, 0.15) is 6.54 Å². The van der Waals surface area contributed by atoms with Gasteiger partial charge in [0.15, 0.2) is 11.8 Å².